The first-order valence-corrected chi connectivity index (χ1v) is 10.4. The number of hydrogen-bond donors (Lipinski definition) is 0. The molecule has 134 valence electrons. The van der Waals surface area contributed by atoms with E-state index in [4.69, 9.17) is 4.74 Å². The SMILES string of the molecule is CC(C)Sc1ccc(C(=O)OC2CN(c3nc4ccccc4s3)C2)cc1. The highest BCUT2D eigenvalue weighted by Crippen LogP contribution is 2.32. The first-order valence-electron chi connectivity index (χ1n) is 8.67. The number of rotatable bonds is 5. The van der Waals surface area contributed by atoms with Gasteiger partial charge in [0.1, 0.15) is 6.10 Å². The lowest BCUT2D eigenvalue weighted by molar-refractivity contribution is 0.0234. The first kappa shape index (κ1) is 17.4. The Kier molecular flexibility index (Phi) is 4.87. The van der Waals surface area contributed by atoms with Crippen LogP contribution in [0.5, 0.6) is 0 Å². The van der Waals surface area contributed by atoms with Gasteiger partial charge in [-0.15, -0.1) is 11.8 Å². The van der Waals surface area contributed by atoms with E-state index in [0.29, 0.717) is 23.9 Å². The van der Waals surface area contributed by atoms with Crippen LogP contribution in [-0.2, 0) is 4.74 Å². The number of para-hydroxylation sites is 1. The summed E-state index contributed by atoms with van der Waals surface area (Å²) in [6.07, 6.45) is -0.0702. The summed E-state index contributed by atoms with van der Waals surface area (Å²) in [5.41, 5.74) is 1.63. The number of anilines is 1. The minimum absolute atomic E-state index is 0.0702. The molecule has 1 aliphatic heterocycles. The summed E-state index contributed by atoms with van der Waals surface area (Å²) in [6.45, 7) is 5.71. The molecule has 0 saturated carbocycles. The number of hydrogen-bond acceptors (Lipinski definition) is 6. The molecule has 0 atom stereocenters. The van der Waals surface area contributed by atoms with Crippen LogP contribution in [0.3, 0.4) is 0 Å². The van der Waals surface area contributed by atoms with Crippen molar-refractivity contribution in [2.24, 2.45) is 0 Å². The third kappa shape index (κ3) is 3.71. The molecule has 6 heteroatoms. The van der Waals surface area contributed by atoms with Crippen molar-refractivity contribution in [3.8, 4) is 0 Å². The van der Waals surface area contributed by atoms with Crippen molar-refractivity contribution in [3.63, 3.8) is 0 Å². The summed E-state index contributed by atoms with van der Waals surface area (Å²) >= 11 is 3.46. The molecule has 2 aromatic carbocycles. The molecule has 0 spiro atoms. The third-order valence-corrected chi connectivity index (χ3v) is 6.25. The molecule has 0 radical (unpaired) electrons. The maximum Gasteiger partial charge on any atom is 0.338 e. The highest BCUT2D eigenvalue weighted by atomic mass is 32.2. The Morgan fingerprint density at radius 3 is 2.62 bits per heavy atom. The van der Waals surface area contributed by atoms with Gasteiger partial charge in [-0.25, -0.2) is 9.78 Å². The largest absolute Gasteiger partial charge is 0.455 e. The van der Waals surface area contributed by atoms with E-state index in [0.717, 1.165) is 10.6 Å². The minimum atomic E-state index is -0.250. The van der Waals surface area contributed by atoms with Crippen molar-refractivity contribution in [1.29, 1.82) is 0 Å². The fraction of sp³-hybridized carbons (Fsp3) is 0.300. The van der Waals surface area contributed by atoms with E-state index < -0.39 is 0 Å². The topological polar surface area (TPSA) is 42.4 Å². The second-order valence-electron chi connectivity index (χ2n) is 6.59. The minimum Gasteiger partial charge on any atom is -0.455 e. The van der Waals surface area contributed by atoms with Crippen LogP contribution in [0.2, 0.25) is 0 Å². The third-order valence-electron chi connectivity index (χ3n) is 4.14. The first-order chi connectivity index (χ1) is 12.6. The van der Waals surface area contributed by atoms with Crippen molar-refractivity contribution >= 4 is 44.4 Å². The zero-order valence-corrected chi connectivity index (χ0v) is 16.3. The predicted octanol–water partition coefficient (Wildman–Crippen LogP) is 4.84. The number of carbonyl (C=O) groups excluding carboxylic acids is 1. The Bertz CT molecular complexity index is 882. The Morgan fingerprint density at radius 1 is 1.19 bits per heavy atom. The molecule has 26 heavy (non-hydrogen) atoms. The summed E-state index contributed by atoms with van der Waals surface area (Å²) in [4.78, 5) is 20.3. The van der Waals surface area contributed by atoms with Crippen LogP contribution in [0, 0.1) is 0 Å². The second kappa shape index (κ2) is 7.29. The van der Waals surface area contributed by atoms with Gasteiger partial charge < -0.3 is 9.64 Å². The molecule has 1 aliphatic rings. The lowest BCUT2D eigenvalue weighted by Crippen LogP contribution is -2.53. The Morgan fingerprint density at radius 2 is 1.92 bits per heavy atom. The quantitative estimate of drug-likeness (QED) is 0.465. The molecule has 2 heterocycles. The van der Waals surface area contributed by atoms with Crippen LogP contribution in [0.4, 0.5) is 5.13 Å². The number of esters is 1. The Balaban J connectivity index is 1.32. The molecule has 0 bridgehead atoms. The van der Waals surface area contributed by atoms with Crippen molar-refractivity contribution in [2.45, 2.75) is 30.1 Å². The van der Waals surface area contributed by atoms with Gasteiger partial charge in [0.05, 0.1) is 28.9 Å². The summed E-state index contributed by atoms with van der Waals surface area (Å²) in [5, 5.41) is 1.52. The molecule has 1 fully saturated rings. The van der Waals surface area contributed by atoms with Crippen LogP contribution in [-0.4, -0.2) is 35.4 Å². The second-order valence-corrected chi connectivity index (χ2v) is 9.25. The number of thioether (sulfide) groups is 1. The van der Waals surface area contributed by atoms with Gasteiger partial charge >= 0.3 is 5.97 Å². The number of thiazole rings is 1. The van der Waals surface area contributed by atoms with Gasteiger partial charge in [0, 0.05) is 10.1 Å². The molecule has 0 amide bonds. The van der Waals surface area contributed by atoms with E-state index in [2.05, 4.69) is 29.8 Å². The molecular weight excluding hydrogens is 364 g/mol. The molecule has 4 nitrogen and oxygen atoms in total. The van der Waals surface area contributed by atoms with Crippen molar-refractivity contribution in [3.05, 3.63) is 54.1 Å². The number of fused-ring (bicyclic) bond motifs is 1. The van der Waals surface area contributed by atoms with Crippen LogP contribution in [0.15, 0.2) is 53.4 Å². The summed E-state index contributed by atoms with van der Waals surface area (Å²) < 4.78 is 6.79. The summed E-state index contributed by atoms with van der Waals surface area (Å²) in [7, 11) is 0. The number of benzene rings is 2. The smallest absolute Gasteiger partial charge is 0.338 e. The van der Waals surface area contributed by atoms with Crippen LogP contribution in [0.25, 0.3) is 10.2 Å². The van der Waals surface area contributed by atoms with Gasteiger partial charge in [-0.2, -0.15) is 0 Å². The average Bonchev–Trinajstić information content (AvgIpc) is 3.01. The van der Waals surface area contributed by atoms with Crippen molar-refractivity contribution < 1.29 is 9.53 Å². The fourth-order valence-electron chi connectivity index (χ4n) is 2.83. The van der Waals surface area contributed by atoms with E-state index in [1.54, 1.807) is 23.1 Å². The molecule has 1 aromatic heterocycles. The highest BCUT2D eigenvalue weighted by molar-refractivity contribution is 7.99. The van der Waals surface area contributed by atoms with Gasteiger partial charge in [-0.1, -0.05) is 37.3 Å². The van der Waals surface area contributed by atoms with Crippen molar-refractivity contribution in [1.82, 2.24) is 4.98 Å². The highest BCUT2D eigenvalue weighted by Gasteiger charge is 2.32. The number of ether oxygens (including phenoxy) is 1. The van der Waals surface area contributed by atoms with Crippen LogP contribution >= 0.6 is 23.1 Å². The van der Waals surface area contributed by atoms with Gasteiger partial charge in [0.25, 0.3) is 0 Å². The summed E-state index contributed by atoms with van der Waals surface area (Å²) in [6, 6.07) is 15.8. The number of carbonyl (C=O) groups is 1. The maximum atomic E-state index is 12.3. The van der Waals surface area contributed by atoms with Crippen LogP contribution in [0.1, 0.15) is 24.2 Å². The molecule has 0 aliphatic carbocycles. The number of nitrogens with zero attached hydrogens (tertiary/aromatic N) is 2. The molecule has 3 aromatic rings. The zero-order chi connectivity index (χ0) is 18.1. The monoisotopic (exact) mass is 384 g/mol. The van der Waals surface area contributed by atoms with Crippen LogP contribution < -0.4 is 4.90 Å². The summed E-state index contributed by atoms with van der Waals surface area (Å²) in [5.74, 6) is -0.250. The lowest BCUT2D eigenvalue weighted by Gasteiger charge is -2.38. The average molecular weight is 385 g/mol. The van der Waals surface area contributed by atoms with E-state index >= 15 is 0 Å². The predicted molar refractivity (Wildman–Crippen MR) is 108 cm³/mol. The molecule has 0 N–H and O–H groups in total. The Hall–Kier alpha value is -2.05. The normalized spacial score (nSPS) is 14.7. The number of aromatic nitrogens is 1. The standard InChI is InChI=1S/C20H20N2O2S2/c1-13(2)25-16-9-7-14(8-10-16)19(23)24-15-11-22(12-15)20-21-17-5-3-4-6-18(17)26-20/h3-10,13,15H,11-12H2,1-2H3. The zero-order valence-electron chi connectivity index (χ0n) is 14.7. The van der Waals surface area contributed by atoms with E-state index in [-0.39, 0.29) is 12.1 Å². The van der Waals surface area contributed by atoms with E-state index in [1.165, 1.54) is 9.60 Å². The van der Waals surface area contributed by atoms with Gasteiger partial charge in [-0.05, 0) is 36.4 Å². The molecule has 0 unspecified atom stereocenters. The van der Waals surface area contributed by atoms with Crippen molar-refractivity contribution in [2.75, 3.05) is 18.0 Å². The Labute approximate surface area is 161 Å². The lowest BCUT2D eigenvalue weighted by atomic mass is 10.2. The van der Waals surface area contributed by atoms with Gasteiger partial charge in [0.15, 0.2) is 5.13 Å². The van der Waals surface area contributed by atoms with E-state index in [9.17, 15) is 4.79 Å². The van der Waals surface area contributed by atoms with Gasteiger partial charge in [0.2, 0.25) is 0 Å². The fourth-order valence-corrected chi connectivity index (χ4v) is 4.65. The maximum absolute atomic E-state index is 12.3. The molecule has 1 saturated heterocycles. The molecule has 4 rings (SSSR count). The van der Waals surface area contributed by atoms with E-state index in [1.807, 2.05) is 42.5 Å². The molecular formula is C20H20N2O2S2. The van der Waals surface area contributed by atoms with Gasteiger partial charge in [-0.3, -0.25) is 0 Å².